The Hall–Kier alpha value is -1.01. The van der Waals surface area contributed by atoms with Gasteiger partial charge in [-0.05, 0) is 35.0 Å². The predicted octanol–water partition coefficient (Wildman–Crippen LogP) is 3.32. The van der Waals surface area contributed by atoms with Crippen LogP contribution in [-0.2, 0) is 10.8 Å². The van der Waals surface area contributed by atoms with E-state index in [1.165, 1.54) is 6.07 Å². The highest BCUT2D eigenvalue weighted by atomic mass is 79.9. The van der Waals surface area contributed by atoms with E-state index >= 15 is 0 Å². The molecular formula is C13H14BrFN2OS. The van der Waals surface area contributed by atoms with Crippen LogP contribution in [0.2, 0.25) is 0 Å². The molecule has 2 aromatic rings. The lowest BCUT2D eigenvalue weighted by Gasteiger charge is -2.15. The van der Waals surface area contributed by atoms with Gasteiger partial charge in [0.15, 0.2) is 0 Å². The highest BCUT2D eigenvalue weighted by Gasteiger charge is 2.11. The van der Waals surface area contributed by atoms with Crippen LogP contribution >= 0.6 is 15.9 Å². The van der Waals surface area contributed by atoms with Crippen molar-refractivity contribution in [1.29, 1.82) is 0 Å². The van der Waals surface area contributed by atoms with Gasteiger partial charge in [0.2, 0.25) is 0 Å². The zero-order valence-electron chi connectivity index (χ0n) is 10.6. The van der Waals surface area contributed by atoms with Crippen LogP contribution in [-0.4, -0.2) is 27.2 Å². The average molecular weight is 345 g/mol. The minimum Gasteiger partial charge on any atom is -0.366 e. The Balaban J connectivity index is 2.35. The second-order valence-corrected chi connectivity index (χ2v) is 6.75. The summed E-state index contributed by atoms with van der Waals surface area (Å²) in [6.07, 6.45) is 1.65. The molecule has 0 fully saturated rings. The summed E-state index contributed by atoms with van der Waals surface area (Å²) in [5, 5.41) is 3.88. The van der Waals surface area contributed by atoms with Gasteiger partial charge in [-0.25, -0.2) is 9.37 Å². The summed E-state index contributed by atoms with van der Waals surface area (Å²) in [6.45, 7) is 1.92. The van der Waals surface area contributed by atoms with E-state index in [0.29, 0.717) is 17.1 Å². The lowest BCUT2D eigenvalue weighted by Crippen LogP contribution is -2.23. The van der Waals surface area contributed by atoms with Crippen molar-refractivity contribution in [3.63, 3.8) is 0 Å². The third-order valence-corrected chi connectivity index (χ3v) is 4.19. The van der Waals surface area contributed by atoms with Gasteiger partial charge in [0.1, 0.15) is 17.2 Å². The van der Waals surface area contributed by atoms with Crippen LogP contribution in [0.4, 0.5) is 10.2 Å². The second kappa shape index (κ2) is 5.96. The van der Waals surface area contributed by atoms with Crippen molar-refractivity contribution in [3.8, 4) is 0 Å². The number of aromatic nitrogens is 1. The number of fused-ring (bicyclic) bond motifs is 1. The number of para-hydroxylation sites is 1. The summed E-state index contributed by atoms with van der Waals surface area (Å²) in [5.41, 5.74) is 0.332. The first-order valence-electron chi connectivity index (χ1n) is 5.78. The van der Waals surface area contributed by atoms with Gasteiger partial charge in [0.25, 0.3) is 0 Å². The van der Waals surface area contributed by atoms with Gasteiger partial charge in [-0.3, -0.25) is 4.21 Å². The molecule has 0 aliphatic carbocycles. The average Bonchev–Trinajstić information content (AvgIpc) is 2.30. The number of nitrogens with one attached hydrogen (secondary N) is 1. The van der Waals surface area contributed by atoms with Gasteiger partial charge in [0, 0.05) is 34.2 Å². The Kier molecular flexibility index (Phi) is 4.52. The maximum atomic E-state index is 13.7. The summed E-state index contributed by atoms with van der Waals surface area (Å²) in [6, 6.07) is 6.67. The zero-order valence-corrected chi connectivity index (χ0v) is 13.0. The first-order valence-corrected chi connectivity index (χ1v) is 8.30. The maximum Gasteiger partial charge on any atom is 0.149 e. The van der Waals surface area contributed by atoms with E-state index in [1.54, 1.807) is 12.3 Å². The minimum absolute atomic E-state index is 0.00106. The Morgan fingerprint density at radius 3 is 2.95 bits per heavy atom. The van der Waals surface area contributed by atoms with Crippen molar-refractivity contribution in [2.45, 2.75) is 13.0 Å². The summed E-state index contributed by atoms with van der Waals surface area (Å²) in [4.78, 5) is 4.29. The monoisotopic (exact) mass is 344 g/mol. The summed E-state index contributed by atoms with van der Waals surface area (Å²) >= 11 is 3.41. The quantitative estimate of drug-likeness (QED) is 0.924. The van der Waals surface area contributed by atoms with Crippen molar-refractivity contribution in [2.75, 3.05) is 17.3 Å². The summed E-state index contributed by atoms with van der Waals surface area (Å²) in [5.74, 6) is 0.735. The molecule has 0 radical (unpaired) electrons. The fraction of sp³-hybridized carbons (Fsp3) is 0.308. The van der Waals surface area contributed by atoms with Crippen LogP contribution in [0.1, 0.15) is 6.92 Å². The van der Waals surface area contributed by atoms with Crippen LogP contribution in [0.25, 0.3) is 10.9 Å². The second-order valence-electron chi connectivity index (χ2n) is 4.42. The van der Waals surface area contributed by atoms with Crippen molar-refractivity contribution < 1.29 is 8.60 Å². The Morgan fingerprint density at radius 2 is 2.26 bits per heavy atom. The van der Waals surface area contributed by atoms with Crippen molar-refractivity contribution >= 4 is 43.5 Å². The van der Waals surface area contributed by atoms with Gasteiger partial charge in [-0.15, -0.1) is 0 Å². The first kappa shape index (κ1) is 14.4. The SMILES string of the molecule is CC(CS(C)=O)Nc1nc2c(F)cccc2cc1Br. The molecule has 1 N–H and O–H groups in total. The first-order chi connectivity index (χ1) is 8.97. The predicted molar refractivity (Wildman–Crippen MR) is 81.4 cm³/mol. The molecule has 3 nitrogen and oxygen atoms in total. The number of hydrogen-bond donors (Lipinski definition) is 1. The number of nitrogens with zero attached hydrogens (tertiary/aromatic N) is 1. The Labute approximate surface area is 122 Å². The highest BCUT2D eigenvalue weighted by Crippen LogP contribution is 2.27. The molecule has 1 heterocycles. The molecule has 0 spiro atoms. The maximum absolute atomic E-state index is 13.7. The minimum atomic E-state index is -0.887. The van der Waals surface area contributed by atoms with Crippen LogP contribution in [0.3, 0.4) is 0 Å². The molecule has 0 saturated heterocycles. The number of halogens is 2. The molecular weight excluding hydrogens is 331 g/mol. The van der Waals surface area contributed by atoms with Crippen LogP contribution in [0.15, 0.2) is 28.7 Å². The molecule has 0 amide bonds. The molecule has 19 heavy (non-hydrogen) atoms. The van der Waals surface area contributed by atoms with E-state index in [4.69, 9.17) is 0 Å². The van der Waals surface area contributed by atoms with E-state index in [2.05, 4.69) is 26.2 Å². The number of hydrogen-bond acceptors (Lipinski definition) is 3. The van der Waals surface area contributed by atoms with E-state index in [9.17, 15) is 8.60 Å². The highest BCUT2D eigenvalue weighted by molar-refractivity contribution is 9.10. The molecule has 2 rings (SSSR count). The number of rotatable bonds is 4. The van der Waals surface area contributed by atoms with Crippen LogP contribution in [0.5, 0.6) is 0 Å². The molecule has 2 unspecified atom stereocenters. The fourth-order valence-electron chi connectivity index (χ4n) is 1.86. The number of pyridine rings is 1. The van der Waals surface area contributed by atoms with Gasteiger partial charge in [-0.2, -0.15) is 0 Å². The molecule has 102 valence electrons. The summed E-state index contributed by atoms with van der Waals surface area (Å²) < 4.78 is 25.6. The normalized spacial score (nSPS) is 14.3. The van der Waals surface area contributed by atoms with Gasteiger partial charge >= 0.3 is 0 Å². The molecule has 0 aliphatic heterocycles. The molecule has 1 aromatic heterocycles. The fourth-order valence-corrected chi connectivity index (χ4v) is 3.10. The van der Waals surface area contributed by atoms with Crippen molar-refractivity contribution in [2.24, 2.45) is 0 Å². The van der Waals surface area contributed by atoms with Gasteiger partial charge in [0.05, 0.1) is 4.47 Å². The number of benzene rings is 1. The van der Waals surface area contributed by atoms with Crippen LogP contribution in [0, 0.1) is 5.82 Å². The van der Waals surface area contributed by atoms with E-state index in [0.717, 1.165) is 9.86 Å². The van der Waals surface area contributed by atoms with E-state index < -0.39 is 10.8 Å². The largest absolute Gasteiger partial charge is 0.366 e. The van der Waals surface area contributed by atoms with Crippen LogP contribution < -0.4 is 5.32 Å². The lowest BCUT2D eigenvalue weighted by molar-refractivity contribution is 0.636. The lowest BCUT2D eigenvalue weighted by atomic mass is 10.2. The third kappa shape index (κ3) is 3.51. The van der Waals surface area contributed by atoms with Gasteiger partial charge in [-0.1, -0.05) is 12.1 Å². The Bertz CT molecular complexity index is 635. The molecule has 0 aliphatic rings. The van der Waals surface area contributed by atoms with Crippen molar-refractivity contribution in [3.05, 3.63) is 34.6 Å². The van der Waals surface area contributed by atoms with Gasteiger partial charge < -0.3 is 5.32 Å². The molecule has 1 aromatic carbocycles. The van der Waals surface area contributed by atoms with Crippen molar-refractivity contribution in [1.82, 2.24) is 4.98 Å². The van der Waals surface area contributed by atoms with E-state index in [-0.39, 0.29) is 11.9 Å². The molecule has 0 saturated carbocycles. The van der Waals surface area contributed by atoms with E-state index in [1.807, 2.05) is 19.1 Å². The molecule has 6 heteroatoms. The smallest absolute Gasteiger partial charge is 0.149 e. The standard InChI is InChI=1S/C13H14BrFN2OS/c1-8(7-19(2)18)16-13-10(14)6-9-4-3-5-11(15)12(9)17-13/h3-6,8H,7H2,1-2H3,(H,16,17). The Morgan fingerprint density at radius 1 is 1.53 bits per heavy atom. The molecule has 0 bridgehead atoms. The third-order valence-electron chi connectivity index (χ3n) is 2.62. The zero-order chi connectivity index (χ0) is 14.0. The topological polar surface area (TPSA) is 42.0 Å². The molecule has 2 atom stereocenters. The number of anilines is 1. The summed E-state index contributed by atoms with van der Waals surface area (Å²) in [7, 11) is -0.887.